The normalized spacial score (nSPS) is 10.8. The van der Waals surface area contributed by atoms with Gasteiger partial charge in [0.25, 0.3) is 0 Å². The molecule has 2 heterocycles. The van der Waals surface area contributed by atoms with Crippen LogP contribution >= 0.6 is 11.3 Å². The molecule has 0 saturated carbocycles. The van der Waals surface area contributed by atoms with Crippen molar-refractivity contribution in [3.8, 4) is 0 Å². The van der Waals surface area contributed by atoms with Gasteiger partial charge in [-0.15, -0.1) is 11.3 Å². The summed E-state index contributed by atoms with van der Waals surface area (Å²) in [7, 11) is 2.10. The van der Waals surface area contributed by atoms with Crippen LogP contribution in [-0.4, -0.2) is 18.6 Å². The maximum atomic E-state index is 5.79. The molecule has 0 aliphatic carbocycles. The molecule has 0 saturated heterocycles. The fraction of sp³-hybridized carbons (Fsp3) is 0.438. The highest BCUT2D eigenvalue weighted by Gasteiger charge is 2.07. The average Bonchev–Trinajstić information content (AvgIpc) is 2.98. The molecule has 0 fully saturated rings. The second-order valence-corrected chi connectivity index (χ2v) is 6.06. The van der Waals surface area contributed by atoms with Crippen LogP contribution in [0.3, 0.4) is 0 Å². The summed E-state index contributed by atoms with van der Waals surface area (Å²) in [4.78, 5) is 8.38. The highest BCUT2D eigenvalue weighted by molar-refractivity contribution is 7.09. The third-order valence-electron chi connectivity index (χ3n) is 3.33. The van der Waals surface area contributed by atoms with Gasteiger partial charge in [0.15, 0.2) is 0 Å². The quantitative estimate of drug-likeness (QED) is 0.851. The van der Waals surface area contributed by atoms with Gasteiger partial charge in [0, 0.05) is 30.7 Å². The zero-order valence-corrected chi connectivity index (χ0v) is 13.1. The van der Waals surface area contributed by atoms with Gasteiger partial charge in [0.05, 0.1) is 0 Å². The minimum absolute atomic E-state index is 0.574. The summed E-state index contributed by atoms with van der Waals surface area (Å²) in [5.41, 5.74) is 8.11. The van der Waals surface area contributed by atoms with Crippen LogP contribution in [0.5, 0.6) is 0 Å². The zero-order chi connectivity index (χ0) is 14.4. The first kappa shape index (κ1) is 15.0. The lowest BCUT2D eigenvalue weighted by Gasteiger charge is -2.19. The molecule has 3 nitrogen and oxygen atoms in total. The van der Waals surface area contributed by atoms with Gasteiger partial charge in [0.1, 0.15) is 5.82 Å². The summed E-state index contributed by atoms with van der Waals surface area (Å²) in [6, 6.07) is 8.52. The van der Waals surface area contributed by atoms with Crippen molar-refractivity contribution in [1.29, 1.82) is 0 Å². The Kier molecular flexibility index (Phi) is 5.56. The number of thiophene rings is 1. The van der Waals surface area contributed by atoms with Gasteiger partial charge >= 0.3 is 0 Å². The topological polar surface area (TPSA) is 42.1 Å². The Balaban J connectivity index is 2.07. The van der Waals surface area contributed by atoms with Crippen LogP contribution in [0, 0.1) is 0 Å². The van der Waals surface area contributed by atoms with Gasteiger partial charge in [0.2, 0.25) is 0 Å². The number of likely N-dealkylation sites (N-methyl/N-ethyl adjacent to an activating group) is 1. The molecule has 20 heavy (non-hydrogen) atoms. The van der Waals surface area contributed by atoms with E-state index in [2.05, 4.69) is 48.5 Å². The van der Waals surface area contributed by atoms with Gasteiger partial charge in [-0.05, 0) is 42.0 Å². The molecule has 2 aromatic rings. The molecule has 0 spiro atoms. The highest BCUT2D eigenvalue weighted by Crippen LogP contribution is 2.16. The molecule has 108 valence electrons. The van der Waals surface area contributed by atoms with E-state index in [1.54, 1.807) is 0 Å². The number of aryl methyl sites for hydroxylation is 1. The van der Waals surface area contributed by atoms with Gasteiger partial charge in [-0.25, -0.2) is 4.98 Å². The molecule has 0 atom stereocenters. The molecule has 0 aliphatic heterocycles. The molecule has 2 rings (SSSR count). The van der Waals surface area contributed by atoms with Gasteiger partial charge in [-0.2, -0.15) is 0 Å². The Morgan fingerprint density at radius 3 is 2.80 bits per heavy atom. The Hall–Kier alpha value is -1.39. The van der Waals surface area contributed by atoms with E-state index >= 15 is 0 Å². The maximum Gasteiger partial charge on any atom is 0.128 e. The summed E-state index contributed by atoms with van der Waals surface area (Å²) >= 11 is 1.81. The van der Waals surface area contributed by atoms with Crippen molar-refractivity contribution in [2.24, 2.45) is 5.73 Å². The van der Waals surface area contributed by atoms with Crippen molar-refractivity contribution in [2.45, 2.75) is 32.7 Å². The minimum Gasteiger partial charge on any atom is -0.359 e. The van der Waals surface area contributed by atoms with E-state index in [1.165, 1.54) is 10.4 Å². The predicted octanol–water partition coefficient (Wildman–Crippen LogP) is 3.23. The number of pyridine rings is 1. The first-order chi connectivity index (χ1) is 9.72. The summed E-state index contributed by atoms with van der Waals surface area (Å²) in [6.07, 6.45) is 3.19. The summed E-state index contributed by atoms with van der Waals surface area (Å²) in [5.74, 6) is 1.04. The first-order valence-electron chi connectivity index (χ1n) is 7.16. The van der Waals surface area contributed by atoms with Crippen LogP contribution in [0.1, 0.15) is 29.5 Å². The Labute approximate surface area is 125 Å². The number of anilines is 1. The minimum atomic E-state index is 0.574. The number of aromatic nitrogens is 1. The Morgan fingerprint density at radius 2 is 2.15 bits per heavy atom. The summed E-state index contributed by atoms with van der Waals surface area (Å²) < 4.78 is 0. The fourth-order valence-corrected chi connectivity index (χ4v) is 2.88. The monoisotopic (exact) mass is 289 g/mol. The van der Waals surface area contributed by atoms with E-state index in [-0.39, 0.29) is 0 Å². The lowest BCUT2D eigenvalue weighted by atomic mass is 10.1. The van der Waals surface area contributed by atoms with Crippen LogP contribution < -0.4 is 10.6 Å². The molecule has 0 aromatic carbocycles. The molecule has 0 radical (unpaired) electrons. The van der Waals surface area contributed by atoms with Crippen LogP contribution in [0.2, 0.25) is 0 Å². The van der Waals surface area contributed by atoms with Crippen molar-refractivity contribution >= 4 is 17.2 Å². The second-order valence-electron chi connectivity index (χ2n) is 5.03. The first-order valence-corrected chi connectivity index (χ1v) is 8.04. The maximum absolute atomic E-state index is 5.79. The van der Waals surface area contributed by atoms with Crippen LogP contribution in [0.4, 0.5) is 5.82 Å². The third-order valence-corrected chi connectivity index (χ3v) is 4.27. The van der Waals surface area contributed by atoms with Crippen molar-refractivity contribution in [1.82, 2.24) is 4.98 Å². The van der Waals surface area contributed by atoms with Crippen molar-refractivity contribution in [2.75, 3.05) is 18.5 Å². The molecule has 4 heteroatoms. The molecule has 0 unspecified atom stereocenters. The molecule has 0 bridgehead atoms. The largest absolute Gasteiger partial charge is 0.359 e. The number of nitrogens with two attached hydrogens (primary N) is 1. The molecule has 0 aliphatic rings. The molecule has 0 amide bonds. The van der Waals surface area contributed by atoms with E-state index in [4.69, 9.17) is 10.7 Å². The summed E-state index contributed by atoms with van der Waals surface area (Å²) in [5, 5.41) is 2.13. The van der Waals surface area contributed by atoms with Gasteiger partial charge in [-0.3, -0.25) is 0 Å². The Morgan fingerprint density at radius 1 is 1.30 bits per heavy atom. The molecular formula is C16H23N3S. The van der Waals surface area contributed by atoms with Crippen molar-refractivity contribution in [3.63, 3.8) is 0 Å². The average molecular weight is 289 g/mol. The standard InChI is InChI=1S/C16H23N3S/c1-3-5-14-10-13(12-17)11-16(18-14)19(2)8-7-15-6-4-9-20-15/h4,6,9-11H,3,5,7-8,12,17H2,1-2H3. The van der Waals surface area contributed by atoms with E-state index < -0.39 is 0 Å². The molecule has 2 aromatic heterocycles. The number of nitrogens with zero attached hydrogens (tertiary/aromatic N) is 2. The van der Waals surface area contributed by atoms with Gasteiger partial charge < -0.3 is 10.6 Å². The number of rotatable bonds is 7. The lowest BCUT2D eigenvalue weighted by molar-refractivity contribution is 0.833. The Bertz CT molecular complexity index is 523. The predicted molar refractivity (Wildman–Crippen MR) is 87.4 cm³/mol. The van der Waals surface area contributed by atoms with Gasteiger partial charge in [-0.1, -0.05) is 19.4 Å². The van der Waals surface area contributed by atoms with E-state index in [1.807, 2.05) is 11.3 Å². The van der Waals surface area contributed by atoms with Crippen LogP contribution in [0.25, 0.3) is 0 Å². The number of hydrogen-bond donors (Lipinski definition) is 1. The van der Waals surface area contributed by atoms with Crippen LogP contribution in [0.15, 0.2) is 29.6 Å². The third kappa shape index (κ3) is 4.05. The van der Waals surface area contributed by atoms with E-state index in [0.717, 1.165) is 37.3 Å². The lowest BCUT2D eigenvalue weighted by Crippen LogP contribution is -2.22. The fourth-order valence-electron chi connectivity index (χ4n) is 2.18. The highest BCUT2D eigenvalue weighted by atomic mass is 32.1. The smallest absolute Gasteiger partial charge is 0.128 e. The summed E-state index contributed by atoms with van der Waals surface area (Å²) in [6.45, 7) is 3.73. The second kappa shape index (κ2) is 7.41. The van der Waals surface area contributed by atoms with Crippen molar-refractivity contribution in [3.05, 3.63) is 45.8 Å². The zero-order valence-electron chi connectivity index (χ0n) is 12.3. The number of hydrogen-bond acceptors (Lipinski definition) is 4. The molecule has 2 N–H and O–H groups in total. The van der Waals surface area contributed by atoms with Crippen molar-refractivity contribution < 1.29 is 0 Å². The molecular weight excluding hydrogens is 266 g/mol. The van der Waals surface area contributed by atoms with E-state index in [0.29, 0.717) is 6.54 Å². The van der Waals surface area contributed by atoms with Crippen LogP contribution in [-0.2, 0) is 19.4 Å². The van der Waals surface area contributed by atoms with E-state index in [9.17, 15) is 0 Å². The SMILES string of the molecule is CCCc1cc(CN)cc(N(C)CCc2cccs2)n1.